The van der Waals surface area contributed by atoms with E-state index >= 15 is 0 Å². The molecule has 0 spiro atoms. The van der Waals surface area contributed by atoms with Crippen molar-refractivity contribution in [3.05, 3.63) is 58.7 Å². The highest BCUT2D eigenvalue weighted by atomic mass is 16.5. The first-order chi connectivity index (χ1) is 10.2. The third kappa shape index (κ3) is 2.53. The molecule has 2 N–H and O–H groups in total. The lowest BCUT2D eigenvalue weighted by molar-refractivity contribution is 0.413. The van der Waals surface area contributed by atoms with Crippen molar-refractivity contribution in [2.75, 3.05) is 7.11 Å². The molecule has 3 rings (SSSR count). The van der Waals surface area contributed by atoms with Gasteiger partial charge in [0.05, 0.1) is 13.7 Å². The summed E-state index contributed by atoms with van der Waals surface area (Å²) in [6.07, 6.45) is 1.62. The van der Waals surface area contributed by atoms with Crippen LogP contribution < -0.4 is 16.2 Å². The standard InChI is InChI=1S/C15H15N3O3/c1-20-11-5-2-4-10(8-11)12(16)9-18-14-13(21-15(18)19)6-3-7-17-14/h2-8,12H,9,16H2,1H3. The minimum atomic E-state index is -0.456. The van der Waals surface area contributed by atoms with Gasteiger partial charge >= 0.3 is 5.76 Å². The van der Waals surface area contributed by atoms with Crippen LogP contribution in [0.5, 0.6) is 5.75 Å². The lowest BCUT2D eigenvalue weighted by Crippen LogP contribution is -2.24. The normalized spacial score (nSPS) is 12.5. The summed E-state index contributed by atoms with van der Waals surface area (Å²) in [5.74, 6) is 0.271. The largest absolute Gasteiger partial charge is 0.497 e. The van der Waals surface area contributed by atoms with Crippen LogP contribution in [0.1, 0.15) is 11.6 Å². The van der Waals surface area contributed by atoms with Crippen molar-refractivity contribution in [1.82, 2.24) is 9.55 Å². The molecule has 3 aromatic rings. The topological polar surface area (TPSA) is 83.3 Å². The van der Waals surface area contributed by atoms with Crippen LogP contribution in [0.4, 0.5) is 0 Å². The molecule has 108 valence electrons. The number of pyridine rings is 1. The van der Waals surface area contributed by atoms with Gasteiger partial charge in [0, 0.05) is 12.2 Å². The monoisotopic (exact) mass is 285 g/mol. The van der Waals surface area contributed by atoms with Gasteiger partial charge in [0.15, 0.2) is 11.2 Å². The Morgan fingerprint density at radius 3 is 3.05 bits per heavy atom. The number of nitrogens with zero attached hydrogens (tertiary/aromatic N) is 2. The van der Waals surface area contributed by atoms with Gasteiger partial charge in [-0.15, -0.1) is 0 Å². The van der Waals surface area contributed by atoms with E-state index in [4.69, 9.17) is 14.9 Å². The van der Waals surface area contributed by atoms with E-state index in [1.165, 1.54) is 4.57 Å². The number of oxazole rings is 1. The first-order valence-electron chi connectivity index (χ1n) is 6.53. The third-order valence-corrected chi connectivity index (χ3v) is 3.33. The second-order valence-electron chi connectivity index (χ2n) is 4.69. The molecule has 6 nitrogen and oxygen atoms in total. The highest BCUT2D eigenvalue weighted by Crippen LogP contribution is 2.19. The molecule has 0 saturated heterocycles. The van der Waals surface area contributed by atoms with E-state index in [9.17, 15) is 4.79 Å². The van der Waals surface area contributed by atoms with Crippen LogP contribution in [-0.4, -0.2) is 16.7 Å². The van der Waals surface area contributed by atoms with E-state index in [1.807, 2.05) is 24.3 Å². The van der Waals surface area contributed by atoms with Crippen LogP contribution in [0.25, 0.3) is 11.2 Å². The molecule has 0 aliphatic carbocycles. The van der Waals surface area contributed by atoms with E-state index < -0.39 is 5.76 Å². The summed E-state index contributed by atoms with van der Waals surface area (Å²) in [6.45, 7) is 0.288. The third-order valence-electron chi connectivity index (χ3n) is 3.33. The Kier molecular flexibility index (Phi) is 3.45. The molecule has 0 bridgehead atoms. The zero-order valence-corrected chi connectivity index (χ0v) is 11.5. The van der Waals surface area contributed by atoms with Crippen molar-refractivity contribution >= 4 is 11.2 Å². The van der Waals surface area contributed by atoms with Crippen LogP contribution >= 0.6 is 0 Å². The number of hydrogen-bond acceptors (Lipinski definition) is 5. The average Bonchev–Trinajstić information content (AvgIpc) is 2.83. The number of benzene rings is 1. The molecule has 0 radical (unpaired) electrons. The van der Waals surface area contributed by atoms with Gasteiger partial charge in [-0.05, 0) is 29.8 Å². The van der Waals surface area contributed by atoms with E-state index in [0.717, 1.165) is 11.3 Å². The van der Waals surface area contributed by atoms with Crippen LogP contribution in [-0.2, 0) is 6.54 Å². The summed E-state index contributed by atoms with van der Waals surface area (Å²) < 4.78 is 11.8. The minimum Gasteiger partial charge on any atom is -0.497 e. The Morgan fingerprint density at radius 2 is 2.24 bits per heavy atom. The quantitative estimate of drug-likeness (QED) is 0.788. The maximum absolute atomic E-state index is 11.9. The van der Waals surface area contributed by atoms with Gasteiger partial charge in [-0.25, -0.2) is 9.78 Å². The van der Waals surface area contributed by atoms with E-state index in [2.05, 4.69) is 4.98 Å². The number of fused-ring (bicyclic) bond motifs is 1. The van der Waals surface area contributed by atoms with Crippen molar-refractivity contribution < 1.29 is 9.15 Å². The lowest BCUT2D eigenvalue weighted by atomic mass is 10.1. The highest BCUT2D eigenvalue weighted by molar-refractivity contribution is 5.67. The summed E-state index contributed by atoms with van der Waals surface area (Å²) in [4.78, 5) is 16.1. The van der Waals surface area contributed by atoms with Gasteiger partial charge in [0.2, 0.25) is 0 Å². The smallest absolute Gasteiger partial charge is 0.421 e. The molecule has 2 aromatic heterocycles. The molecule has 6 heteroatoms. The van der Waals surface area contributed by atoms with Crippen LogP contribution in [0.2, 0.25) is 0 Å². The number of rotatable bonds is 4. The Hall–Kier alpha value is -2.60. The average molecular weight is 285 g/mol. The molecule has 1 unspecified atom stereocenters. The first kappa shape index (κ1) is 13.4. The Labute approximate surface area is 120 Å². The predicted molar refractivity (Wildman–Crippen MR) is 78.2 cm³/mol. The van der Waals surface area contributed by atoms with Gasteiger partial charge in [0.1, 0.15) is 5.75 Å². The first-order valence-corrected chi connectivity index (χ1v) is 6.53. The van der Waals surface area contributed by atoms with Crippen molar-refractivity contribution in [2.24, 2.45) is 5.73 Å². The van der Waals surface area contributed by atoms with Crippen molar-refractivity contribution in [3.8, 4) is 5.75 Å². The van der Waals surface area contributed by atoms with Gasteiger partial charge in [-0.1, -0.05) is 12.1 Å². The molecular formula is C15H15N3O3. The number of aromatic nitrogens is 2. The van der Waals surface area contributed by atoms with Crippen LogP contribution in [0.15, 0.2) is 51.8 Å². The molecular weight excluding hydrogens is 270 g/mol. The molecule has 0 aliphatic heterocycles. The second kappa shape index (κ2) is 5.41. The Bertz CT molecular complexity index is 822. The fraction of sp³-hybridized carbons (Fsp3) is 0.200. The van der Waals surface area contributed by atoms with Crippen molar-refractivity contribution in [1.29, 1.82) is 0 Å². The number of nitrogens with two attached hydrogens (primary N) is 1. The Balaban J connectivity index is 1.94. The summed E-state index contributed by atoms with van der Waals surface area (Å²) in [5.41, 5.74) is 8.03. The maximum atomic E-state index is 11.9. The zero-order chi connectivity index (χ0) is 14.8. The van der Waals surface area contributed by atoms with E-state index in [-0.39, 0.29) is 12.6 Å². The van der Waals surface area contributed by atoms with Crippen molar-refractivity contribution in [3.63, 3.8) is 0 Å². The summed E-state index contributed by atoms with van der Waals surface area (Å²) in [6, 6.07) is 10.5. The van der Waals surface area contributed by atoms with Gasteiger partial charge in [-0.2, -0.15) is 0 Å². The summed E-state index contributed by atoms with van der Waals surface area (Å²) in [7, 11) is 1.60. The van der Waals surface area contributed by atoms with Crippen LogP contribution in [0, 0.1) is 0 Å². The second-order valence-corrected chi connectivity index (χ2v) is 4.69. The van der Waals surface area contributed by atoms with E-state index in [1.54, 1.807) is 25.4 Å². The van der Waals surface area contributed by atoms with Crippen molar-refractivity contribution in [2.45, 2.75) is 12.6 Å². The molecule has 21 heavy (non-hydrogen) atoms. The minimum absolute atomic E-state index is 0.288. The lowest BCUT2D eigenvalue weighted by Gasteiger charge is -2.13. The summed E-state index contributed by atoms with van der Waals surface area (Å²) in [5, 5.41) is 0. The molecule has 1 atom stereocenters. The molecule has 0 fully saturated rings. The van der Waals surface area contributed by atoms with Crippen LogP contribution in [0.3, 0.4) is 0 Å². The fourth-order valence-corrected chi connectivity index (χ4v) is 2.24. The number of methoxy groups -OCH3 is 1. The fourth-order valence-electron chi connectivity index (χ4n) is 2.24. The number of hydrogen-bond donors (Lipinski definition) is 1. The molecule has 0 amide bonds. The summed E-state index contributed by atoms with van der Waals surface area (Å²) >= 11 is 0. The van der Waals surface area contributed by atoms with Gasteiger partial charge in [-0.3, -0.25) is 4.57 Å². The molecule has 1 aromatic carbocycles. The number of ether oxygens (including phenoxy) is 1. The SMILES string of the molecule is COc1cccc(C(N)Cn2c(=O)oc3cccnc32)c1. The van der Waals surface area contributed by atoms with Gasteiger partial charge < -0.3 is 14.9 Å². The highest BCUT2D eigenvalue weighted by Gasteiger charge is 2.14. The van der Waals surface area contributed by atoms with E-state index in [0.29, 0.717) is 11.2 Å². The predicted octanol–water partition coefficient (Wildman–Crippen LogP) is 1.70. The molecule has 2 heterocycles. The van der Waals surface area contributed by atoms with Gasteiger partial charge in [0.25, 0.3) is 0 Å². The molecule has 0 aliphatic rings. The zero-order valence-electron chi connectivity index (χ0n) is 11.5. The maximum Gasteiger partial charge on any atom is 0.421 e. The Morgan fingerprint density at radius 1 is 1.38 bits per heavy atom. The molecule has 0 saturated carbocycles.